The Morgan fingerprint density at radius 1 is 1.47 bits per heavy atom. The van der Waals surface area contributed by atoms with E-state index in [2.05, 4.69) is 6.58 Å². The summed E-state index contributed by atoms with van der Waals surface area (Å²) in [6.45, 7) is 5.29. The third-order valence-corrected chi connectivity index (χ3v) is 1.75. The average Bonchev–Trinajstić information content (AvgIpc) is 2.06. The van der Waals surface area contributed by atoms with Crippen LogP contribution in [0.1, 0.15) is 12.5 Å². The number of hydrogen-bond donors (Lipinski definition) is 0. The Kier molecular flexibility index (Phi) is 3.02. The SMILES string of the molecule is C=C(C)Cn1cc(C(F)(F)F)ccc1=O. The highest BCUT2D eigenvalue weighted by Gasteiger charge is 2.30. The van der Waals surface area contributed by atoms with Crippen LogP contribution in [0.2, 0.25) is 0 Å². The minimum absolute atomic E-state index is 0.1000. The lowest BCUT2D eigenvalue weighted by molar-refractivity contribution is -0.138. The van der Waals surface area contributed by atoms with Crippen molar-refractivity contribution in [3.8, 4) is 0 Å². The van der Waals surface area contributed by atoms with Gasteiger partial charge in [-0.3, -0.25) is 4.79 Å². The van der Waals surface area contributed by atoms with Crippen molar-refractivity contribution in [1.29, 1.82) is 0 Å². The predicted octanol–water partition coefficient (Wildman–Crippen LogP) is 2.44. The summed E-state index contributed by atoms with van der Waals surface area (Å²) in [5.41, 5.74) is -0.675. The molecule has 0 saturated carbocycles. The first kappa shape index (κ1) is 11.6. The van der Waals surface area contributed by atoms with Gasteiger partial charge >= 0.3 is 6.18 Å². The van der Waals surface area contributed by atoms with Crippen LogP contribution in [0.25, 0.3) is 0 Å². The van der Waals surface area contributed by atoms with Crippen molar-refractivity contribution in [3.05, 3.63) is 46.4 Å². The lowest BCUT2D eigenvalue weighted by atomic mass is 10.2. The van der Waals surface area contributed by atoms with Crippen LogP contribution in [-0.4, -0.2) is 4.57 Å². The smallest absolute Gasteiger partial charge is 0.311 e. The Bertz CT molecular complexity index is 431. The summed E-state index contributed by atoms with van der Waals surface area (Å²) < 4.78 is 37.9. The van der Waals surface area contributed by atoms with Crippen LogP contribution in [0.3, 0.4) is 0 Å². The van der Waals surface area contributed by atoms with Gasteiger partial charge in [0.2, 0.25) is 0 Å². The van der Waals surface area contributed by atoms with Gasteiger partial charge < -0.3 is 4.57 Å². The number of nitrogens with zero attached hydrogens (tertiary/aromatic N) is 1. The molecule has 15 heavy (non-hydrogen) atoms. The van der Waals surface area contributed by atoms with Gasteiger partial charge in [-0.15, -0.1) is 0 Å². The van der Waals surface area contributed by atoms with Gasteiger partial charge in [-0.25, -0.2) is 0 Å². The molecule has 1 aromatic rings. The Hall–Kier alpha value is -1.52. The molecule has 0 fully saturated rings. The van der Waals surface area contributed by atoms with E-state index in [1.165, 1.54) is 0 Å². The fourth-order valence-corrected chi connectivity index (χ4v) is 1.11. The van der Waals surface area contributed by atoms with Crippen molar-refractivity contribution in [2.75, 3.05) is 0 Å². The second-order valence-corrected chi connectivity index (χ2v) is 3.34. The topological polar surface area (TPSA) is 22.0 Å². The molecule has 0 spiro atoms. The van der Waals surface area contributed by atoms with Crippen molar-refractivity contribution in [2.45, 2.75) is 19.6 Å². The minimum atomic E-state index is -4.43. The summed E-state index contributed by atoms with van der Waals surface area (Å²) in [4.78, 5) is 11.2. The van der Waals surface area contributed by atoms with Gasteiger partial charge in [0.15, 0.2) is 0 Å². The average molecular weight is 217 g/mol. The molecule has 0 atom stereocenters. The lowest BCUT2D eigenvalue weighted by Gasteiger charge is -2.10. The van der Waals surface area contributed by atoms with Crippen molar-refractivity contribution >= 4 is 0 Å². The highest BCUT2D eigenvalue weighted by Crippen LogP contribution is 2.28. The van der Waals surface area contributed by atoms with Crippen LogP contribution in [0, 0.1) is 0 Å². The van der Waals surface area contributed by atoms with Crippen LogP contribution in [0.15, 0.2) is 35.3 Å². The molecule has 0 aliphatic rings. The molecule has 0 saturated heterocycles. The standard InChI is InChI=1S/C10H10F3NO/c1-7(2)5-14-6-8(10(11,12)13)3-4-9(14)15/h3-4,6H,1,5H2,2H3. The zero-order valence-corrected chi connectivity index (χ0v) is 8.14. The van der Waals surface area contributed by atoms with Crippen LogP contribution in [0.4, 0.5) is 13.2 Å². The molecule has 5 heteroatoms. The monoisotopic (exact) mass is 217 g/mol. The van der Waals surface area contributed by atoms with Gasteiger partial charge in [0.05, 0.1) is 5.56 Å². The first-order valence-corrected chi connectivity index (χ1v) is 4.23. The van der Waals surface area contributed by atoms with Gasteiger partial charge in [-0.05, 0) is 13.0 Å². The molecule has 82 valence electrons. The number of rotatable bonds is 2. The summed E-state index contributed by atoms with van der Waals surface area (Å²) in [5, 5.41) is 0. The summed E-state index contributed by atoms with van der Waals surface area (Å²) in [6.07, 6.45) is -3.62. The second kappa shape index (κ2) is 3.92. The Morgan fingerprint density at radius 3 is 2.53 bits per heavy atom. The molecule has 1 aromatic heterocycles. The van der Waals surface area contributed by atoms with E-state index in [9.17, 15) is 18.0 Å². The summed E-state index contributed by atoms with van der Waals surface area (Å²) in [6, 6.07) is 1.68. The first-order valence-electron chi connectivity index (χ1n) is 4.23. The quantitative estimate of drug-likeness (QED) is 0.697. The van der Waals surface area contributed by atoms with E-state index in [1.54, 1.807) is 6.92 Å². The van der Waals surface area contributed by atoms with Crippen LogP contribution < -0.4 is 5.56 Å². The molecule has 2 nitrogen and oxygen atoms in total. The maximum Gasteiger partial charge on any atom is 0.417 e. The largest absolute Gasteiger partial charge is 0.417 e. The molecule has 0 radical (unpaired) electrons. The normalized spacial score (nSPS) is 11.5. The number of alkyl halides is 3. The lowest BCUT2D eigenvalue weighted by Crippen LogP contribution is -2.21. The van der Waals surface area contributed by atoms with E-state index >= 15 is 0 Å². The number of pyridine rings is 1. The molecule has 0 aliphatic heterocycles. The van der Waals surface area contributed by atoms with E-state index in [4.69, 9.17) is 0 Å². The molecule has 0 amide bonds. The molecule has 0 aromatic carbocycles. The summed E-state index contributed by atoms with van der Waals surface area (Å²) >= 11 is 0. The van der Waals surface area contributed by atoms with Gasteiger partial charge in [0.1, 0.15) is 0 Å². The fourth-order valence-electron chi connectivity index (χ4n) is 1.11. The highest BCUT2D eigenvalue weighted by atomic mass is 19.4. The maximum absolute atomic E-state index is 12.3. The number of hydrogen-bond acceptors (Lipinski definition) is 1. The number of halogens is 3. The molecule has 1 heterocycles. The Labute approximate surface area is 84.7 Å². The zero-order valence-electron chi connectivity index (χ0n) is 8.14. The first-order chi connectivity index (χ1) is 6.80. The zero-order chi connectivity index (χ0) is 11.6. The number of allylic oxidation sites excluding steroid dienone is 1. The molecule has 1 rings (SSSR count). The van der Waals surface area contributed by atoms with Gasteiger partial charge in [0.25, 0.3) is 5.56 Å². The van der Waals surface area contributed by atoms with Crippen molar-refractivity contribution < 1.29 is 13.2 Å². The van der Waals surface area contributed by atoms with Crippen LogP contribution in [0.5, 0.6) is 0 Å². The third-order valence-electron chi connectivity index (χ3n) is 1.75. The van der Waals surface area contributed by atoms with E-state index in [1.807, 2.05) is 0 Å². The van der Waals surface area contributed by atoms with E-state index in [0.717, 1.165) is 22.9 Å². The maximum atomic E-state index is 12.3. The molecular weight excluding hydrogens is 207 g/mol. The second-order valence-electron chi connectivity index (χ2n) is 3.34. The van der Waals surface area contributed by atoms with Gasteiger partial charge in [0, 0.05) is 18.8 Å². The molecule has 0 aliphatic carbocycles. The van der Waals surface area contributed by atoms with E-state index in [0.29, 0.717) is 5.57 Å². The highest BCUT2D eigenvalue weighted by molar-refractivity contribution is 5.14. The number of aromatic nitrogens is 1. The predicted molar refractivity (Wildman–Crippen MR) is 50.5 cm³/mol. The van der Waals surface area contributed by atoms with Gasteiger partial charge in [-0.2, -0.15) is 13.2 Å². The van der Waals surface area contributed by atoms with Crippen molar-refractivity contribution in [1.82, 2.24) is 4.57 Å². The van der Waals surface area contributed by atoms with Gasteiger partial charge in [-0.1, -0.05) is 12.2 Å². The third kappa shape index (κ3) is 2.97. The Balaban J connectivity index is 3.17. The van der Waals surface area contributed by atoms with Crippen molar-refractivity contribution in [3.63, 3.8) is 0 Å². The minimum Gasteiger partial charge on any atom is -0.311 e. The van der Waals surface area contributed by atoms with Crippen LogP contribution in [-0.2, 0) is 12.7 Å². The summed E-state index contributed by atoms with van der Waals surface area (Å²) in [7, 11) is 0. The van der Waals surface area contributed by atoms with E-state index in [-0.39, 0.29) is 6.54 Å². The van der Waals surface area contributed by atoms with Crippen LogP contribution >= 0.6 is 0 Å². The molecule has 0 unspecified atom stereocenters. The fraction of sp³-hybridized carbons (Fsp3) is 0.300. The molecular formula is C10H10F3NO. The Morgan fingerprint density at radius 2 is 2.07 bits per heavy atom. The van der Waals surface area contributed by atoms with Crippen molar-refractivity contribution in [2.24, 2.45) is 0 Å². The molecule has 0 bridgehead atoms. The molecule has 0 N–H and O–H groups in total. The summed E-state index contributed by atoms with van der Waals surface area (Å²) in [5.74, 6) is 0. The van der Waals surface area contributed by atoms with E-state index < -0.39 is 17.3 Å².